The van der Waals surface area contributed by atoms with Crippen molar-refractivity contribution < 1.29 is 8.42 Å². The van der Waals surface area contributed by atoms with Crippen LogP contribution in [0.5, 0.6) is 0 Å². The van der Waals surface area contributed by atoms with Crippen LogP contribution in [-0.2, 0) is 10.2 Å². The first kappa shape index (κ1) is 12.6. The van der Waals surface area contributed by atoms with Gasteiger partial charge in [0.15, 0.2) is 0 Å². The molecular weight excluding hydrogens is 248 g/mol. The smallest absolute Gasteiger partial charge is 0.195 e. The van der Waals surface area contributed by atoms with Gasteiger partial charge in [-0.1, -0.05) is 19.1 Å². The Morgan fingerprint density at radius 2 is 1.89 bits per heavy atom. The zero-order valence-electron chi connectivity index (χ0n) is 10.9. The Kier molecular flexibility index (Phi) is 3.03. The second-order valence-electron chi connectivity index (χ2n) is 5.90. The molecule has 2 fully saturated rings. The lowest BCUT2D eigenvalue weighted by molar-refractivity contribution is 0.214. The lowest BCUT2D eigenvalue weighted by Crippen LogP contribution is -2.51. The minimum atomic E-state index is -3.24. The van der Waals surface area contributed by atoms with Crippen LogP contribution in [0.2, 0.25) is 0 Å². The molecule has 2 bridgehead atoms. The van der Waals surface area contributed by atoms with Crippen LogP contribution < -0.4 is 4.72 Å². The van der Waals surface area contributed by atoms with E-state index in [0.717, 1.165) is 32.1 Å². The highest BCUT2D eigenvalue weighted by Crippen LogP contribution is 2.49. The Labute approximate surface area is 110 Å². The lowest BCUT2D eigenvalue weighted by atomic mass is 9.80. The summed E-state index contributed by atoms with van der Waals surface area (Å²) in [6, 6.07) is 0. The van der Waals surface area contributed by atoms with Crippen LogP contribution in [-0.4, -0.2) is 31.4 Å². The third kappa shape index (κ3) is 1.75. The third-order valence-corrected chi connectivity index (χ3v) is 6.53. The van der Waals surface area contributed by atoms with Gasteiger partial charge >= 0.3 is 0 Å². The molecule has 3 rings (SSSR count). The van der Waals surface area contributed by atoms with Crippen LogP contribution in [0.3, 0.4) is 0 Å². The fourth-order valence-electron chi connectivity index (χ4n) is 4.02. The van der Waals surface area contributed by atoms with Gasteiger partial charge in [-0.25, -0.2) is 0 Å². The number of nitrogens with one attached hydrogen (secondary N) is 1. The highest BCUT2D eigenvalue weighted by molar-refractivity contribution is 7.87. The molecule has 2 unspecified atom stereocenters. The number of rotatable bonds is 2. The molecule has 0 radical (unpaired) electrons. The monoisotopic (exact) mass is 270 g/mol. The maximum Gasteiger partial charge on any atom is 0.280 e. The SMILES string of the molecule is CCCN1CC2(NS1(=O)=O)C1CC=CCC2CC1. The summed E-state index contributed by atoms with van der Waals surface area (Å²) >= 11 is 0. The summed E-state index contributed by atoms with van der Waals surface area (Å²) < 4.78 is 29.2. The van der Waals surface area contributed by atoms with Crippen molar-refractivity contribution in [2.24, 2.45) is 11.8 Å². The average molecular weight is 270 g/mol. The van der Waals surface area contributed by atoms with E-state index < -0.39 is 10.2 Å². The number of hydrogen-bond acceptors (Lipinski definition) is 2. The Bertz CT molecular complexity index is 442. The van der Waals surface area contributed by atoms with E-state index in [2.05, 4.69) is 16.9 Å². The van der Waals surface area contributed by atoms with E-state index in [1.54, 1.807) is 4.31 Å². The topological polar surface area (TPSA) is 49.4 Å². The molecule has 1 saturated carbocycles. The Morgan fingerprint density at radius 1 is 1.28 bits per heavy atom. The van der Waals surface area contributed by atoms with Gasteiger partial charge in [0.1, 0.15) is 0 Å². The first-order valence-corrected chi connectivity index (χ1v) is 8.46. The normalized spacial score (nSPS) is 42.5. The minimum Gasteiger partial charge on any atom is -0.195 e. The predicted molar refractivity (Wildman–Crippen MR) is 71.2 cm³/mol. The molecule has 18 heavy (non-hydrogen) atoms. The molecule has 3 aliphatic rings. The van der Waals surface area contributed by atoms with E-state index in [1.165, 1.54) is 0 Å². The second kappa shape index (κ2) is 4.32. The van der Waals surface area contributed by atoms with Gasteiger partial charge < -0.3 is 0 Å². The summed E-state index contributed by atoms with van der Waals surface area (Å²) in [5, 5.41) is 0. The van der Waals surface area contributed by atoms with E-state index in [0.29, 0.717) is 24.9 Å². The van der Waals surface area contributed by atoms with E-state index in [4.69, 9.17) is 0 Å². The largest absolute Gasteiger partial charge is 0.280 e. The second-order valence-corrected chi connectivity index (χ2v) is 7.57. The van der Waals surface area contributed by atoms with E-state index in [-0.39, 0.29) is 5.54 Å². The maximum absolute atomic E-state index is 12.3. The van der Waals surface area contributed by atoms with Crippen molar-refractivity contribution in [2.45, 2.75) is 44.6 Å². The van der Waals surface area contributed by atoms with E-state index in [9.17, 15) is 8.42 Å². The summed E-state index contributed by atoms with van der Waals surface area (Å²) in [4.78, 5) is 0. The van der Waals surface area contributed by atoms with Crippen molar-refractivity contribution in [1.29, 1.82) is 0 Å². The van der Waals surface area contributed by atoms with Crippen LogP contribution in [0.4, 0.5) is 0 Å². The molecule has 1 N–H and O–H groups in total. The fourth-order valence-corrected chi connectivity index (χ4v) is 5.83. The molecule has 2 atom stereocenters. The third-order valence-electron chi connectivity index (χ3n) is 4.90. The van der Waals surface area contributed by atoms with Gasteiger partial charge in [-0.3, -0.25) is 0 Å². The quantitative estimate of drug-likeness (QED) is 0.776. The molecule has 1 saturated heterocycles. The predicted octanol–water partition coefficient (Wildman–Crippen LogP) is 1.66. The maximum atomic E-state index is 12.3. The van der Waals surface area contributed by atoms with Crippen LogP contribution in [0.15, 0.2) is 12.2 Å². The minimum absolute atomic E-state index is 0.183. The molecule has 0 aromatic carbocycles. The van der Waals surface area contributed by atoms with Crippen molar-refractivity contribution in [3.63, 3.8) is 0 Å². The van der Waals surface area contributed by atoms with Crippen LogP contribution >= 0.6 is 0 Å². The Hall–Kier alpha value is -0.390. The van der Waals surface area contributed by atoms with Gasteiger partial charge in [-0.15, -0.1) is 0 Å². The van der Waals surface area contributed by atoms with Crippen molar-refractivity contribution in [3.8, 4) is 0 Å². The van der Waals surface area contributed by atoms with Crippen LogP contribution in [0.1, 0.15) is 39.0 Å². The molecule has 0 amide bonds. The summed E-state index contributed by atoms with van der Waals surface area (Å²) in [5.74, 6) is 0.968. The van der Waals surface area contributed by atoms with E-state index in [1.807, 2.05) is 6.92 Å². The molecule has 4 nitrogen and oxygen atoms in total. The van der Waals surface area contributed by atoms with Crippen molar-refractivity contribution in [2.75, 3.05) is 13.1 Å². The zero-order valence-corrected chi connectivity index (χ0v) is 11.7. The first-order valence-electron chi connectivity index (χ1n) is 7.02. The first-order chi connectivity index (χ1) is 8.58. The molecule has 0 aromatic rings. The molecule has 102 valence electrons. The lowest BCUT2D eigenvalue weighted by Gasteiger charge is -2.33. The molecule has 0 aromatic heterocycles. The van der Waals surface area contributed by atoms with Gasteiger partial charge in [-0.05, 0) is 43.9 Å². The summed E-state index contributed by atoms with van der Waals surface area (Å²) in [6.07, 6.45) is 9.74. The van der Waals surface area contributed by atoms with Crippen molar-refractivity contribution in [1.82, 2.24) is 9.03 Å². The zero-order chi connectivity index (χ0) is 12.8. The highest BCUT2D eigenvalue weighted by atomic mass is 32.2. The average Bonchev–Trinajstić information content (AvgIpc) is 2.63. The van der Waals surface area contributed by atoms with Gasteiger partial charge in [0.2, 0.25) is 0 Å². The summed E-state index contributed by atoms with van der Waals surface area (Å²) in [5.41, 5.74) is -0.183. The summed E-state index contributed by atoms with van der Waals surface area (Å²) in [7, 11) is -3.24. The Morgan fingerprint density at radius 3 is 2.44 bits per heavy atom. The van der Waals surface area contributed by atoms with Gasteiger partial charge in [-0.2, -0.15) is 17.4 Å². The number of nitrogens with zero attached hydrogens (tertiary/aromatic N) is 1. The van der Waals surface area contributed by atoms with Crippen LogP contribution in [0.25, 0.3) is 0 Å². The highest BCUT2D eigenvalue weighted by Gasteiger charge is 2.57. The van der Waals surface area contributed by atoms with Gasteiger partial charge in [0, 0.05) is 13.1 Å². The molecular formula is C13H22N2O2S. The molecule has 5 heteroatoms. The molecule has 1 heterocycles. The van der Waals surface area contributed by atoms with Crippen molar-refractivity contribution in [3.05, 3.63) is 12.2 Å². The van der Waals surface area contributed by atoms with Gasteiger partial charge in [0.25, 0.3) is 10.2 Å². The summed E-state index contributed by atoms with van der Waals surface area (Å²) in [6.45, 7) is 3.36. The molecule has 1 spiro atoms. The number of allylic oxidation sites excluding steroid dienone is 2. The standard InChI is InChI=1S/C13H22N2O2S/c1-2-9-15-10-13(14-18(15,16)17)11-5-3-4-6-12(13)8-7-11/h3-4,11-12,14H,2,5-10H2,1H3. The fraction of sp³-hybridized carbons (Fsp3) is 0.846. The van der Waals surface area contributed by atoms with E-state index >= 15 is 0 Å². The van der Waals surface area contributed by atoms with Crippen molar-refractivity contribution >= 4 is 10.2 Å². The Balaban J connectivity index is 1.93. The molecule has 1 aliphatic heterocycles. The number of hydrogen-bond donors (Lipinski definition) is 1. The molecule has 2 aliphatic carbocycles. The van der Waals surface area contributed by atoms with Crippen LogP contribution in [0, 0.1) is 11.8 Å². The van der Waals surface area contributed by atoms with Gasteiger partial charge in [0.05, 0.1) is 5.54 Å².